The molecule has 0 radical (unpaired) electrons. The van der Waals surface area contributed by atoms with Crippen molar-refractivity contribution in [3.05, 3.63) is 52.9 Å². The maximum absolute atomic E-state index is 13.5. The molecule has 1 amide bonds. The van der Waals surface area contributed by atoms with E-state index in [2.05, 4.69) is 32.2 Å². The van der Waals surface area contributed by atoms with Gasteiger partial charge in [-0.15, -0.1) is 0 Å². The number of hydrogen-bond acceptors (Lipinski definition) is 6. The number of amides is 1. The van der Waals surface area contributed by atoms with Crippen LogP contribution < -0.4 is 23.8 Å². The van der Waals surface area contributed by atoms with E-state index in [9.17, 15) is 20.1 Å². The van der Waals surface area contributed by atoms with Gasteiger partial charge in [-0.25, -0.2) is 0 Å². The monoisotopic (exact) mass is 502 g/mol. The predicted molar refractivity (Wildman–Crippen MR) is 139 cm³/mol. The van der Waals surface area contributed by atoms with Gasteiger partial charge in [-0.3, -0.25) is 9.69 Å². The van der Waals surface area contributed by atoms with E-state index in [0.717, 1.165) is 31.7 Å². The number of carbonyl (C=O) groups excluding carboxylic acids is 1. The number of rotatable bonds is 9. The van der Waals surface area contributed by atoms with Gasteiger partial charge in [0.25, 0.3) is 5.91 Å². The molecule has 2 aliphatic heterocycles. The van der Waals surface area contributed by atoms with E-state index < -0.39 is 11.5 Å². The fraction of sp³-hybridized carbons (Fsp3) is 0.464. The molecule has 0 spiro atoms. The zero-order valence-corrected chi connectivity index (χ0v) is 22.5. The van der Waals surface area contributed by atoms with Gasteiger partial charge in [0, 0.05) is 23.4 Å². The molecule has 2 aromatic carbocycles. The Hall–Kier alpha value is -2.63. The smallest absolute Gasteiger partial charge is 0.650 e. The average molecular weight is 503 g/mol. The fourth-order valence-electron chi connectivity index (χ4n) is 4.40. The van der Waals surface area contributed by atoms with Crippen LogP contribution in [-0.4, -0.2) is 45.3 Å². The minimum absolute atomic E-state index is 0. The number of phenolic OH excluding ortho intramolecular Hbond substituents is 3. The second kappa shape index (κ2) is 11.0. The second-order valence-corrected chi connectivity index (χ2v) is 10.7. The number of para-hydroxylation sites is 1. The molecule has 4 rings (SSSR count). The fourth-order valence-corrected chi connectivity index (χ4v) is 4.40. The van der Waals surface area contributed by atoms with Crippen LogP contribution in [0.1, 0.15) is 70.7 Å². The van der Waals surface area contributed by atoms with Crippen molar-refractivity contribution in [3.8, 4) is 17.2 Å². The maximum Gasteiger partial charge on any atom is 1.00 e. The molecule has 2 heterocycles. The Bertz CT molecular complexity index is 1190. The zero-order chi connectivity index (χ0) is 26.3. The van der Waals surface area contributed by atoms with Crippen LogP contribution in [0.15, 0.2) is 42.0 Å². The van der Waals surface area contributed by atoms with E-state index in [1.54, 1.807) is 12.1 Å². The van der Waals surface area contributed by atoms with Crippen LogP contribution in [0.4, 0.5) is 17.1 Å². The third-order valence-electron chi connectivity index (χ3n) is 6.85. The third-order valence-corrected chi connectivity index (χ3v) is 6.85. The van der Waals surface area contributed by atoms with E-state index in [0.29, 0.717) is 6.10 Å². The number of benzene rings is 2. The maximum atomic E-state index is 13.5. The Labute approximate surface area is 230 Å². The van der Waals surface area contributed by atoms with Crippen LogP contribution in [0.5, 0.6) is 17.2 Å². The van der Waals surface area contributed by atoms with Crippen LogP contribution in [0.3, 0.4) is 0 Å². The van der Waals surface area contributed by atoms with Gasteiger partial charge in [0.15, 0.2) is 0 Å². The minimum Gasteiger partial charge on any atom is -0.650 e. The summed E-state index contributed by atoms with van der Waals surface area (Å²) in [4.78, 5) is 14.8. The van der Waals surface area contributed by atoms with E-state index in [1.807, 2.05) is 13.8 Å². The summed E-state index contributed by atoms with van der Waals surface area (Å²) in [6.07, 6.45) is 6.14. The van der Waals surface area contributed by atoms with Crippen LogP contribution in [0.2, 0.25) is 0 Å². The molecule has 1 fully saturated rings. The Balaban J connectivity index is 0.00000380. The quantitative estimate of drug-likeness (QED) is 0.274. The van der Waals surface area contributed by atoms with Crippen molar-refractivity contribution in [2.24, 2.45) is 0 Å². The Kier molecular flexibility index (Phi) is 8.60. The van der Waals surface area contributed by atoms with Gasteiger partial charge in [-0.05, 0) is 66.4 Å². The Morgan fingerprint density at radius 3 is 2.57 bits per heavy atom. The van der Waals surface area contributed by atoms with Gasteiger partial charge in [0.05, 0.1) is 17.3 Å². The van der Waals surface area contributed by atoms with E-state index in [1.165, 1.54) is 22.6 Å². The first-order chi connectivity index (χ1) is 16.9. The van der Waals surface area contributed by atoms with Crippen LogP contribution in [0.25, 0.3) is 5.32 Å². The first-order valence-electron chi connectivity index (χ1n) is 12.3. The second-order valence-electron chi connectivity index (χ2n) is 10.7. The predicted octanol–water partition coefficient (Wildman–Crippen LogP) is 3.54. The number of carbonyl (C=O) groups is 1. The minimum atomic E-state index is -0.553. The van der Waals surface area contributed by atoms with Gasteiger partial charge in [-0.1, -0.05) is 35.2 Å². The van der Waals surface area contributed by atoms with Crippen molar-refractivity contribution in [3.63, 3.8) is 0 Å². The van der Waals surface area contributed by atoms with Crippen LogP contribution in [0, 0.1) is 0 Å². The molecule has 0 saturated carbocycles. The van der Waals surface area contributed by atoms with Crippen molar-refractivity contribution in [1.82, 2.24) is 0 Å². The Morgan fingerprint density at radius 1 is 1.19 bits per heavy atom. The zero-order valence-electron chi connectivity index (χ0n) is 22.5. The topological polar surface area (TPSA) is 117 Å². The van der Waals surface area contributed by atoms with Crippen molar-refractivity contribution >= 4 is 23.0 Å². The molecule has 1 unspecified atom stereocenters. The summed E-state index contributed by atoms with van der Waals surface area (Å²) in [5.41, 5.74) is 1.29. The van der Waals surface area contributed by atoms with Gasteiger partial charge < -0.3 is 30.1 Å². The molecule has 8 nitrogen and oxygen atoms in total. The number of nitrogens with zero attached hydrogens (tertiary/aromatic N) is 2. The average Bonchev–Trinajstić information content (AvgIpc) is 3.43. The van der Waals surface area contributed by atoms with Crippen molar-refractivity contribution in [2.45, 2.75) is 77.6 Å². The summed E-state index contributed by atoms with van der Waals surface area (Å²) in [6, 6.07) is 7.04. The number of epoxide rings is 1. The standard InChI is InChI=1S/C28H36N2O6.Li/c1-17(11-12-23-28(4,5)36-23)8-7-13-27(2,3)35-16-30-20-14-18(31)15-22(33)25(20)29-24-19(26(30)34)9-6-10-21(24)32;/h6,8-10,14-15,23H,7,11-13,16H2,1-5H3,(H4,29,31,32,33,34);/q;+1/p-1/b17-8+;. The van der Waals surface area contributed by atoms with Crippen molar-refractivity contribution < 1.29 is 48.4 Å². The molecule has 2 aliphatic rings. The number of hydrogen-bond donors (Lipinski definition) is 3. The van der Waals surface area contributed by atoms with Gasteiger partial charge in [0.1, 0.15) is 24.0 Å². The molecule has 9 heteroatoms. The first-order valence-corrected chi connectivity index (χ1v) is 12.3. The molecular formula is C28H35LiN2O6. The van der Waals surface area contributed by atoms with E-state index in [4.69, 9.17) is 9.47 Å². The Morgan fingerprint density at radius 2 is 1.89 bits per heavy atom. The van der Waals surface area contributed by atoms with Crippen molar-refractivity contribution in [1.29, 1.82) is 0 Å². The van der Waals surface area contributed by atoms with Crippen LogP contribution >= 0.6 is 0 Å². The van der Waals surface area contributed by atoms with E-state index in [-0.39, 0.29) is 71.1 Å². The molecule has 194 valence electrons. The molecule has 0 aliphatic carbocycles. The number of ether oxygens (including phenoxy) is 2. The summed E-state index contributed by atoms with van der Waals surface area (Å²) >= 11 is 0. The number of aromatic hydroxyl groups is 3. The van der Waals surface area contributed by atoms with Crippen LogP contribution in [-0.2, 0) is 9.47 Å². The molecule has 3 N–H and O–H groups in total. The van der Waals surface area contributed by atoms with Crippen molar-refractivity contribution in [2.75, 3.05) is 11.6 Å². The molecule has 0 aromatic heterocycles. The van der Waals surface area contributed by atoms with E-state index >= 15 is 0 Å². The van der Waals surface area contributed by atoms with Gasteiger partial charge in [-0.2, -0.15) is 0 Å². The number of anilines is 1. The molecule has 1 atom stereocenters. The van der Waals surface area contributed by atoms with Gasteiger partial charge in [0.2, 0.25) is 0 Å². The SMILES string of the molecule is C/C(=C\CCC(C)(C)OCN1C(=O)c2cccc(O)c2[N-]c2c(O)cc(O)cc21)CCC1OC1(C)C.[Li+]. The summed E-state index contributed by atoms with van der Waals surface area (Å²) in [6.45, 7) is 10.2. The molecular weight excluding hydrogens is 467 g/mol. The summed E-state index contributed by atoms with van der Waals surface area (Å²) in [7, 11) is 0. The molecule has 0 bridgehead atoms. The first kappa shape index (κ1) is 28.9. The van der Waals surface area contributed by atoms with Gasteiger partial charge >= 0.3 is 18.9 Å². The summed E-state index contributed by atoms with van der Waals surface area (Å²) < 4.78 is 11.8. The molecule has 1 saturated heterocycles. The summed E-state index contributed by atoms with van der Waals surface area (Å²) in [5.74, 6) is -1.15. The molecule has 2 aromatic rings. The number of fused-ring (bicyclic) bond motifs is 2. The number of allylic oxidation sites excluding steroid dienone is 2. The number of phenols is 3. The third kappa shape index (κ3) is 6.63. The largest absolute Gasteiger partial charge is 1.00 e. The molecule has 37 heavy (non-hydrogen) atoms. The summed E-state index contributed by atoms with van der Waals surface area (Å²) in [5, 5.41) is 35.2. The normalized spacial score (nSPS) is 18.3.